The van der Waals surface area contributed by atoms with Crippen molar-refractivity contribution in [1.82, 2.24) is 0 Å². The predicted molar refractivity (Wildman–Crippen MR) is 68.6 cm³/mol. The van der Waals surface area contributed by atoms with Crippen LogP contribution in [0.2, 0.25) is 0 Å². The zero-order chi connectivity index (χ0) is 13.3. The number of hydrogen-bond acceptors (Lipinski definition) is 2. The minimum atomic E-state index is -0.897. The van der Waals surface area contributed by atoms with E-state index in [1.54, 1.807) is 4.90 Å². The summed E-state index contributed by atoms with van der Waals surface area (Å²) in [6.07, 6.45) is 0.0985. The van der Waals surface area contributed by atoms with Gasteiger partial charge in [0.25, 0.3) is 0 Å². The van der Waals surface area contributed by atoms with Crippen molar-refractivity contribution in [3.8, 4) is 0 Å². The Kier molecular flexibility index (Phi) is 3.36. The Bertz CT molecular complexity index is 482. The Hall–Kier alpha value is -1.84. The fourth-order valence-corrected chi connectivity index (χ4v) is 2.17. The molecule has 1 amide bonds. The molecule has 1 aromatic rings. The van der Waals surface area contributed by atoms with Crippen LogP contribution < -0.4 is 4.90 Å². The van der Waals surface area contributed by atoms with Gasteiger partial charge in [0.05, 0.1) is 5.92 Å². The van der Waals surface area contributed by atoms with Gasteiger partial charge in [-0.1, -0.05) is 26.0 Å². The van der Waals surface area contributed by atoms with Gasteiger partial charge in [-0.05, 0) is 23.6 Å². The first kappa shape index (κ1) is 12.6. The van der Waals surface area contributed by atoms with Crippen LogP contribution in [0.4, 0.5) is 5.69 Å². The summed E-state index contributed by atoms with van der Waals surface area (Å²) in [6, 6.07) is 7.75. The third kappa shape index (κ3) is 2.37. The zero-order valence-electron chi connectivity index (χ0n) is 10.6. The summed E-state index contributed by atoms with van der Waals surface area (Å²) in [4.78, 5) is 24.3. The first-order chi connectivity index (χ1) is 8.49. The molecule has 1 aliphatic heterocycles. The van der Waals surface area contributed by atoms with Crippen LogP contribution in [0.3, 0.4) is 0 Å². The molecule has 1 atom stereocenters. The second-order valence-corrected chi connectivity index (χ2v) is 4.99. The minimum Gasteiger partial charge on any atom is -0.481 e. The second-order valence-electron chi connectivity index (χ2n) is 4.99. The van der Waals surface area contributed by atoms with Gasteiger partial charge in [-0.15, -0.1) is 0 Å². The van der Waals surface area contributed by atoms with Gasteiger partial charge >= 0.3 is 5.97 Å². The smallest absolute Gasteiger partial charge is 0.308 e. The lowest BCUT2D eigenvalue weighted by Crippen LogP contribution is -2.25. The van der Waals surface area contributed by atoms with E-state index in [1.807, 2.05) is 24.3 Å². The predicted octanol–water partition coefficient (Wildman–Crippen LogP) is 2.25. The average Bonchev–Trinajstić information content (AvgIpc) is 2.72. The molecule has 0 saturated carbocycles. The Labute approximate surface area is 106 Å². The zero-order valence-corrected chi connectivity index (χ0v) is 10.6. The number of rotatable bonds is 3. The van der Waals surface area contributed by atoms with E-state index in [0.29, 0.717) is 5.92 Å². The van der Waals surface area contributed by atoms with Crippen molar-refractivity contribution >= 4 is 17.6 Å². The number of hydrogen-bond donors (Lipinski definition) is 1. The van der Waals surface area contributed by atoms with Crippen LogP contribution in [0.25, 0.3) is 0 Å². The van der Waals surface area contributed by atoms with Crippen molar-refractivity contribution in [3.63, 3.8) is 0 Å². The van der Waals surface area contributed by atoms with Crippen LogP contribution >= 0.6 is 0 Å². The number of amides is 1. The lowest BCUT2D eigenvalue weighted by Gasteiger charge is -2.18. The third-order valence-electron chi connectivity index (χ3n) is 3.32. The monoisotopic (exact) mass is 247 g/mol. The van der Waals surface area contributed by atoms with E-state index < -0.39 is 11.9 Å². The topological polar surface area (TPSA) is 57.6 Å². The molecular formula is C14H17NO3. The standard InChI is InChI=1S/C14H17NO3/c1-9(2)10-4-3-5-12(6-10)15-8-11(14(17)18)7-13(15)16/h3-6,9,11H,7-8H2,1-2H3,(H,17,18)/t11-/m0/s1. The van der Waals surface area contributed by atoms with Gasteiger partial charge in [0.1, 0.15) is 0 Å². The molecule has 96 valence electrons. The maximum atomic E-state index is 11.8. The molecule has 0 radical (unpaired) electrons. The molecular weight excluding hydrogens is 230 g/mol. The molecule has 0 unspecified atom stereocenters. The Morgan fingerprint density at radius 3 is 2.72 bits per heavy atom. The van der Waals surface area contributed by atoms with Crippen molar-refractivity contribution in [2.24, 2.45) is 5.92 Å². The Morgan fingerprint density at radius 2 is 2.17 bits per heavy atom. The summed E-state index contributed by atoms with van der Waals surface area (Å²) in [5.74, 6) is -1.20. The summed E-state index contributed by atoms with van der Waals surface area (Å²) in [7, 11) is 0. The van der Waals surface area contributed by atoms with Crippen LogP contribution in [0.5, 0.6) is 0 Å². The van der Waals surface area contributed by atoms with E-state index in [1.165, 1.54) is 0 Å². The normalized spacial score (nSPS) is 19.6. The number of carbonyl (C=O) groups is 2. The van der Waals surface area contributed by atoms with Crippen LogP contribution in [-0.4, -0.2) is 23.5 Å². The van der Waals surface area contributed by atoms with Gasteiger partial charge in [-0.3, -0.25) is 9.59 Å². The van der Waals surface area contributed by atoms with E-state index in [0.717, 1.165) is 11.3 Å². The molecule has 0 spiro atoms. The molecule has 1 heterocycles. The molecule has 1 fully saturated rings. The summed E-state index contributed by atoms with van der Waals surface area (Å²) in [6.45, 7) is 4.45. The first-order valence-corrected chi connectivity index (χ1v) is 6.12. The molecule has 1 N–H and O–H groups in total. The highest BCUT2D eigenvalue weighted by atomic mass is 16.4. The summed E-state index contributed by atoms with van der Waals surface area (Å²) in [5.41, 5.74) is 1.95. The highest BCUT2D eigenvalue weighted by molar-refractivity contribution is 5.99. The van der Waals surface area contributed by atoms with E-state index in [-0.39, 0.29) is 18.9 Å². The molecule has 4 heteroatoms. The van der Waals surface area contributed by atoms with E-state index in [4.69, 9.17) is 5.11 Å². The second kappa shape index (κ2) is 4.80. The largest absolute Gasteiger partial charge is 0.481 e. The van der Waals surface area contributed by atoms with Gasteiger partial charge in [-0.25, -0.2) is 0 Å². The van der Waals surface area contributed by atoms with Crippen LogP contribution in [0, 0.1) is 5.92 Å². The third-order valence-corrected chi connectivity index (χ3v) is 3.32. The number of carboxylic acids is 1. The van der Waals surface area contributed by atoms with Crippen molar-refractivity contribution < 1.29 is 14.7 Å². The summed E-state index contributed by atoms with van der Waals surface area (Å²) in [5, 5.41) is 8.96. The maximum Gasteiger partial charge on any atom is 0.308 e. The molecule has 0 aromatic heterocycles. The number of carbonyl (C=O) groups excluding carboxylic acids is 1. The first-order valence-electron chi connectivity index (χ1n) is 6.12. The lowest BCUT2D eigenvalue weighted by atomic mass is 10.0. The van der Waals surface area contributed by atoms with Crippen molar-refractivity contribution in [1.29, 1.82) is 0 Å². The van der Waals surface area contributed by atoms with Crippen LogP contribution in [0.1, 0.15) is 31.7 Å². The fraction of sp³-hybridized carbons (Fsp3) is 0.429. The molecule has 18 heavy (non-hydrogen) atoms. The average molecular weight is 247 g/mol. The van der Waals surface area contributed by atoms with E-state index >= 15 is 0 Å². The molecule has 0 bridgehead atoms. The van der Waals surface area contributed by atoms with Crippen LogP contribution in [0.15, 0.2) is 24.3 Å². The highest BCUT2D eigenvalue weighted by Gasteiger charge is 2.35. The van der Waals surface area contributed by atoms with Gasteiger partial charge in [-0.2, -0.15) is 0 Å². The maximum absolute atomic E-state index is 11.8. The van der Waals surface area contributed by atoms with Gasteiger partial charge in [0.2, 0.25) is 5.91 Å². The molecule has 4 nitrogen and oxygen atoms in total. The van der Waals surface area contributed by atoms with Crippen molar-refractivity contribution in [2.75, 3.05) is 11.4 Å². The number of aliphatic carboxylic acids is 1. The van der Waals surface area contributed by atoms with Gasteiger partial charge < -0.3 is 10.0 Å². The fourth-order valence-electron chi connectivity index (χ4n) is 2.17. The molecule has 0 aliphatic carbocycles. The van der Waals surface area contributed by atoms with Gasteiger partial charge in [0.15, 0.2) is 0 Å². The number of nitrogens with zero attached hydrogens (tertiary/aromatic N) is 1. The number of benzene rings is 1. The lowest BCUT2D eigenvalue weighted by molar-refractivity contribution is -0.141. The van der Waals surface area contributed by atoms with Crippen molar-refractivity contribution in [3.05, 3.63) is 29.8 Å². The molecule has 1 aliphatic rings. The SMILES string of the molecule is CC(C)c1cccc(N2C[C@@H](C(=O)O)CC2=O)c1. The highest BCUT2D eigenvalue weighted by Crippen LogP contribution is 2.27. The van der Waals surface area contributed by atoms with Crippen molar-refractivity contribution in [2.45, 2.75) is 26.2 Å². The number of anilines is 1. The van der Waals surface area contributed by atoms with E-state index in [2.05, 4.69) is 13.8 Å². The van der Waals surface area contributed by atoms with Gasteiger partial charge in [0, 0.05) is 18.7 Å². The Balaban J connectivity index is 2.24. The van der Waals surface area contributed by atoms with Crippen LogP contribution in [-0.2, 0) is 9.59 Å². The summed E-state index contributed by atoms with van der Waals surface area (Å²) < 4.78 is 0. The Morgan fingerprint density at radius 1 is 1.44 bits per heavy atom. The molecule has 1 saturated heterocycles. The quantitative estimate of drug-likeness (QED) is 0.891. The molecule has 2 rings (SSSR count). The number of carboxylic acid groups (broad SMARTS) is 1. The summed E-state index contributed by atoms with van der Waals surface area (Å²) >= 11 is 0. The van der Waals surface area contributed by atoms with E-state index in [9.17, 15) is 9.59 Å². The minimum absolute atomic E-state index is 0.0985. The molecule has 1 aromatic carbocycles.